The molecule has 2 saturated heterocycles. The first-order chi connectivity index (χ1) is 14.8. The summed E-state index contributed by atoms with van der Waals surface area (Å²) in [6, 6.07) is 11.6. The highest BCUT2D eigenvalue weighted by Gasteiger charge is 2.51. The van der Waals surface area contributed by atoms with Crippen molar-refractivity contribution in [3.8, 4) is 5.75 Å². The average molecular weight is 450 g/mol. The molecule has 10 heteroatoms. The lowest BCUT2D eigenvalue weighted by Crippen LogP contribution is -2.62. The van der Waals surface area contributed by atoms with E-state index in [4.69, 9.17) is 9.47 Å². The smallest absolute Gasteiger partial charge is 0.264 e. The second-order valence-corrected chi connectivity index (χ2v) is 9.56. The van der Waals surface area contributed by atoms with Crippen LogP contribution in [0.3, 0.4) is 0 Å². The normalized spacial score (nSPS) is 25.2. The molecule has 0 saturated carbocycles. The quantitative estimate of drug-likeness (QED) is 0.441. The fraction of sp³-hybridized carbons (Fsp3) is 0.381. The zero-order valence-electron chi connectivity index (χ0n) is 16.6. The van der Waals surface area contributed by atoms with Crippen LogP contribution < -0.4 is 14.9 Å². The summed E-state index contributed by atoms with van der Waals surface area (Å²) in [5, 5.41) is 9.20. The maximum absolute atomic E-state index is 13.0. The van der Waals surface area contributed by atoms with E-state index in [1.54, 1.807) is 17.6 Å². The van der Waals surface area contributed by atoms with Gasteiger partial charge in [-0.25, -0.2) is 18.3 Å². The number of carbonyl (C=O) groups is 1. The van der Waals surface area contributed by atoms with Gasteiger partial charge in [0.1, 0.15) is 23.7 Å². The number of ether oxygens (including phenoxy) is 2. The van der Waals surface area contributed by atoms with Crippen molar-refractivity contribution >= 4 is 15.9 Å². The van der Waals surface area contributed by atoms with Crippen LogP contribution in [0.1, 0.15) is 31.2 Å². The number of hydroxylamine groups is 1. The number of fused-ring (bicyclic) bond motifs is 2. The molecule has 166 valence electrons. The zero-order valence-corrected chi connectivity index (χ0v) is 17.4. The van der Waals surface area contributed by atoms with Crippen LogP contribution in [-0.4, -0.2) is 37.3 Å². The van der Waals surface area contributed by atoms with Gasteiger partial charge >= 0.3 is 0 Å². The van der Waals surface area contributed by atoms with E-state index < -0.39 is 21.5 Å². The Kier molecular flexibility index (Phi) is 5.98. The largest absolute Gasteiger partial charge is 0.489 e. The molecule has 1 amide bonds. The summed E-state index contributed by atoms with van der Waals surface area (Å²) in [6.07, 6.45) is 1.31. The van der Waals surface area contributed by atoms with Crippen molar-refractivity contribution in [3.05, 3.63) is 59.9 Å². The van der Waals surface area contributed by atoms with Crippen LogP contribution >= 0.6 is 0 Å². The minimum Gasteiger partial charge on any atom is -0.489 e. The van der Waals surface area contributed by atoms with Gasteiger partial charge in [-0.1, -0.05) is 12.1 Å². The molecular weight excluding hydrogens is 427 g/mol. The summed E-state index contributed by atoms with van der Waals surface area (Å²) in [7, 11) is -4.06. The second kappa shape index (κ2) is 8.54. The molecular formula is C21H23FN2O6S. The monoisotopic (exact) mass is 450 g/mol. The fourth-order valence-corrected chi connectivity index (χ4v) is 5.53. The SMILES string of the molecule is O=C(NO)C1(NS(=O)(=O)c2ccc(OCc3ccc(F)cc3)cc2)CC2CCC(C1)O2. The van der Waals surface area contributed by atoms with Gasteiger partial charge in [0, 0.05) is 12.8 Å². The summed E-state index contributed by atoms with van der Waals surface area (Å²) < 4.78 is 52.8. The Balaban J connectivity index is 1.47. The lowest BCUT2D eigenvalue weighted by atomic mass is 9.87. The Hall–Kier alpha value is -2.53. The van der Waals surface area contributed by atoms with E-state index in [0.717, 1.165) is 18.4 Å². The Bertz CT molecular complexity index is 1030. The van der Waals surface area contributed by atoms with E-state index in [0.29, 0.717) is 5.75 Å². The highest BCUT2D eigenvalue weighted by molar-refractivity contribution is 7.89. The van der Waals surface area contributed by atoms with Crippen LogP contribution in [0.15, 0.2) is 53.4 Å². The van der Waals surface area contributed by atoms with Crippen molar-refractivity contribution in [1.29, 1.82) is 0 Å². The zero-order chi connectivity index (χ0) is 22.1. The molecule has 2 aromatic carbocycles. The molecule has 0 aromatic heterocycles. The lowest BCUT2D eigenvalue weighted by molar-refractivity contribution is -0.142. The number of hydrogen-bond donors (Lipinski definition) is 3. The number of halogens is 1. The summed E-state index contributed by atoms with van der Waals surface area (Å²) >= 11 is 0. The van der Waals surface area contributed by atoms with Crippen LogP contribution in [0, 0.1) is 5.82 Å². The van der Waals surface area contributed by atoms with Crippen LogP contribution in [0.25, 0.3) is 0 Å². The van der Waals surface area contributed by atoms with E-state index >= 15 is 0 Å². The van der Waals surface area contributed by atoms with E-state index in [9.17, 15) is 22.8 Å². The number of hydrogen-bond acceptors (Lipinski definition) is 6. The van der Waals surface area contributed by atoms with E-state index in [-0.39, 0.29) is 42.4 Å². The maximum atomic E-state index is 13.0. The topological polar surface area (TPSA) is 114 Å². The van der Waals surface area contributed by atoms with Gasteiger partial charge in [0.05, 0.1) is 17.1 Å². The minimum atomic E-state index is -4.06. The van der Waals surface area contributed by atoms with Crippen molar-refractivity contribution in [2.45, 2.75) is 54.9 Å². The molecule has 31 heavy (non-hydrogen) atoms. The molecule has 0 aliphatic carbocycles. The molecule has 2 heterocycles. The van der Waals surface area contributed by atoms with Gasteiger partial charge in [0.15, 0.2) is 0 Å². The molecule has 3 N–H and O–H groups in total. The Morgan fingerprint density at radius 3 is 2.29 bits per heavy atom. The second-order valence-electron chi connectivity index (χ2n) is 7.88. The number of sulfonamides is 1. The first-order valence-electron chi connectivity index (χ1n) is 9.91. The lowest BCUT2D eigenvalue weighted by Gasteiger charge is -2.38. The summed E-state index contributed by atoms with van der Waals surface area (Å²) in [5.41, 5.74) is 0.891. The predicted molar refractivity (Wildman–Crippen MR) is 107 cm³/mol. The summed E-state index contributed by atoms with van der Waals surface area (Å²) in [4.78, 5) is 12.4. The van der Waals surface area contributed by atoms with Crippen molar-refractivity contribution in [1.82, 2.24) is 10.2 Å². The van der Waals surface area contributed by atoms with E-state index in [1.165, 1.54) is 36.4 Å². The van der Waals surface area contributed by atoms with Gasteiger partial charge in [-0.3, -0.25) is 10.0 Å². The molecule has 0 radical (unpaired) electrons. The Morgan fingerprint density at radius 2 is 1.71 bits per heavy atom. The molecule has 2 aromatic rings. The molecule has 0 spiro atoms. The van der Waals surface area contributed by atoms with Gasteiger partial charge in [0.25, 0.3) is 5.91 Å². The van der Waals surface area contributed by atoms with Crippen molar-refractivity contribution < 1.29 is 32.3 Å². The first kappa shape index (κ1) is 21.7. The van der Waals surface area contributed by atoms with Crippen molar-refractivity contribution in [2.24, 2.45) is 0 Å². The predicted octanol–water partition coefficient (Wildman–Crippen LogP) is 2.27. The summed E-state index contributed by atoms with van der Waals surface area (Å²) in [5.74, 6) is -0.693. The molecule has 2 fully saturated rings. The fourth-order valence-electron chi connectivity index (χ4n) is 4.14. The molecule has 2 aliphatic heterocycles. The molecule has 4 rings (SSSR count). The Labute approximate surface area is 179 Å². The molecule has 2 atom stereocenters. The third kappa shape index (κ3) is 4.72. The van der Waals surface area contributed by atoms with Gasteiger partial charge in [-0.15, -0.1) is 0 Å². The Morgan fingerprint density at radius 1 is 1.10 bits per heavy atom. The molecule has 2 aliphatic rings. The summed E-state index contributed by atoms with van der Waals surface area (Å²) in [6.45, 7) is 0.202. The number of benzene rings is 2. The number of amides is 1. The third-order valence-corrected chi connectivity index (χ3v) is 7.22. The molecule has 8 nitrogen and oxygen atoms in total. The average Bonchev–Trinajstić information content (AvgIpc) is 3.11. The van der Waals surface area contributed by atoms with Crippen LogP contribution in [-0.2, 0) is 26.2 Å². The number of carbonyl (C=O) groups excluding carboxylic acids is 1. The highest BCUT2D eigenvalue weighted by Crippen LogP contribution is 2.39. The van der Waals surface area contributed by atoms with Crippen molar-refractivity contribution in [2.75, 3.05) is 0 Å². The van der Waals surface area contributed by atoms with Crippen LogP contribution in [0.2, 0.25) is 0 Å². The van der Waals surface area contributed by atoms with Gasteiger partial charge < -0.3 is 9.47 Å². The van der Waals surface area contributed by atoms with E-state index in [2.05, 4.69) is 4.72 Å². The molecule has 2 bridgehead atoms. The van der Waals surface area contributed by atoms with E-state index in [1.807, 2.05) is 0 Å². The molecule has 2 unspecified atom stereocenters. The maximum Gasteiger partial charge on any atom is 0.264 e. The van der Waals surface area contributed by atoms with Crippen LogP contribution in [0.4, 0.5) is 4.39 Å². The first-order valence-corrected chi connectivity index (χ1v) is 11.4. The van der Waals surface area contributed by atoms with Gasteiger partial charge in [-0.05, 0) is 54.8 Å². The minimum absolute atomic E-state index is 0.0365. The standard InChI is InChI=1S/C21H23FN2O6S/c22-15-3-1-14(2-4-15)13-29-16-7-9-19(10-8-16)31(27,28)24-21(20(25)23-26)11-17-5-6-18(12-21)30-17/h1-4,7-10,17-18,24,26H,5-6,11-13H2,(H,23,25). The third-order valence-electron chi connectivity index (χ3n) is 5.67. The highest BCUT2D eigenvalue weighted by atomic mass is 32.2. The van der Waals surface area contributed by atoms with Crippen LogP contribution in [0.5, 0.6) is 5.75 Å². The van der Waals surface area contributed by atoms with Crippen molar-refractivity contribution in [3.63, 3.8) is 0 Å². The number of nitrogens with one attached hydrogen (secondary N) is 2. The number of rotatable bonds is 7. The van der Waals surface area contributed by atoms with Gasteiger partial charge in [0.2, 0.25) is 10.0 Å². The van der Waals surface area contributed by atoms with Gasteiger partial charge in [-0.2, -0.15) is 4.72 Å².